The van der Waals surface area contributed by atoms with Crippen LogP contribution in [-0.2, 0) is 17.4 Å². The van der Waals surface area contributed by atoms with E-state index in [1.807, 2.05) is 0 Å². The number of nitrogens with one attached hydrogen (secondary N) is 1. The fraction of sp³-hybridized carbons (Fsp3) is 0.176. The first-order valence-electron chi connectivity index (χ1n) is 7.15. The number of amides is 1. The zero-order valence-corrected chi connectivity index (χ0v) is 12.6. The van der Waals surface area contributed by atoms with Gasteiger partial charge in [0.05, 0.1) is 12.0 Å². The number of hydrogen-bond acceptors (Lipinski definition) is 3. The van der Waals surface area contributed by atoms with Gasteiger partial charge in [0.1, 0.15) is 5.69 Å². The van der Waals surface area contributed by atoms with Crippen LogP contribution in [-0.4, -0.2) is 11.1 Å². The number of nitrogens with zero attached hydrogens (tertiary/aromatic N) is 1. The van der Waals surface area contributed by atoms with E-state index < -0.39 is 17.6 Å². The minimum Gasteiger partial charge on any atom is -0.356 e. The number of carbonyl (C=O) groups is 1. The third kappa shape index (κ3) is 3.24. The number of anilines is 1. The number of aryl methyl sites for hydroxylation is 1. The number of hydrogen-bond donors (Lipinski definition) is 1. The zero-order valence-electron chi connectivity index (χ0n) is 12.6. The number of carbonyl (C=O) groups excluding carboxylic acids is 1. The zero-order chi connectivity index (χ0) is 17.3. The third-order valence-electron chi connectivity index (χ3n) is 3.61. The first-order chi connectivity index (χ1) is 11.3. The second kappa shape index (κ2) is 5.99. The molecule has 1 N–H and O–H groups in total. The van der Waals surface area contributed by atoms with Gasteiger partial charge in [0, 0.05) is 11.1 Å². The molecule has 24 heavy (non-hydrogen) atoms. The Bertz CT molecular complexity index is 900. The Kier molecular flexibility index (Phi) is 4.01. The highest BCUT2D eigenvalue weighted by Crippen LogP contribution is 2.33. The molecule has 0 aliphatic heterocycles. The highest BCUT2D eigenvalue weighted by atomic mass is 19.4. The molecule has 1 amide bonds. The maximum absolute atomic E-state index is 12.9. The average Bonchev–Trinajstić information content (AvgIpc) is 2.91. The molecular weight excluding hydrogens is 321 g/mol. The van der Waals surface area contributed by atoms with Gasteiger partial charge < -0.3 is 9.84 Å². The Morgan fingerprint density at radius 3 is 2.71 bits per heavy atom. The lowest BCUT2D eigenvalue weighted by Crippen LogP contribution is -2.16. The summed E-state index contributed by atoms with van der Waals surface area (Å²) in [5.74, 6) is -0.467. The van der Waals surface area contributed by atoms with Crippen LogP contribution in [0.2, 0.25) is 0 Å². The standard InChI is InChI=1S/C17H13F3N2O2/c1-10-6-7-11(8-13(10)17(18,19)20)21-16(23)9-14-12-4-2-3-5-15(12)24-22-14/h2-8H,9H2,1H3,(H,21,23). The fourth-order valence-corrected chi connectivity index (χ4v) is 2.43. The molecule has 0 aliphatic rings. The smallest absolute Gasteiger partial charge is 0.356 e. The molecule has 0 aliphatic carbocycles. The van der Waals surface area contributed by atoms with Crippen molar-refractivity contribution >= 4 is 22.6 Å². The van der Waals surface area contributed by atoms with Crippen molar-refractivity contribution in [3.05, 3.63) is 59.3 Å². The highest BCUT2D eigenvalue weighted by molar-refractivity contribution is 5.94. The Labute approximate surface area is 135 Å². The quantitative estimate of drug-likeness (QED) is 0.775. The predicted molar refractivity (Wildman–Crippen MR) is 82.5 cm³/mol. The van der Waals surface area contributed by atoms with Crippen molar-refractivity contribution in [3.8, 4) is 0 Å². The van der Waals surface area contributed by atoms with Gasteiger partial charge in [-0.25, -0.2) is 0 Å². The van der Waals surface area contributed by atoms with Gasteiger partial charge in [-0.05, 0) is 36.8 Å². The van der Waals surface area contributed by atoms with Crippen LogP contribution in [0.4, 0.5) is 18.9 Å². The third-order valence-corrected chi connectivity index (χ3v) is 3.61. The molecular formula is C17H13F3N2O2. The lowest BCUT2D eigenvalue weighted by atomic mass is 10.1. The van der Waals surface area contributed by atoms with Crippen molar-refractivity contribution < 1.29 is 22.5 Å². The predicted octanol–water partition coefficient (Wildman–Crippen LogP) is 4.34. The lowest BCUT2D eigenvalue weighted by Gasteiger charge is -2.12. The summed E-state index contributed by atoms with van der Waals surface area (Å²) in [5.41, 5.74) is 0.405. The molecule has 0 saturated heterocycles. The van der Waals surface area contributed by atoms with Crippen molar-refractivity contribution in [2.24, 2.45) is 0 Å². The van der Waals surface area contributed by atoms with Crippen LogP contribution >= 0.6 is 0 Å². The van der Waals surface area contributed by atoms with Gasteiger partial charge in [-0.1, -0.05) is 23.4 Å². The summed E-state index contributed by atoms with van der Waals surface area (Å²) < 4.78 is 43.8. The van der Waals surface area contributed by atoms with Gasteiger partial charge in [-0.2, -0.15) is 13.2 Å². The van der Waals surface area contributed by atoms with Crippen molar-refractivity contribution in [1.29, 1.82) is 0 Å². The topological polar surface area (TPSA) is 55.1 Å². The number of rotatable bonds is 3. The van der Waals surface area contributed by atoms with E-state index in [0.717, 1.165) is 6.07 Å². The number of aromatic nitrogens is 1. The van der Waals surface area contributed by atoms with Crippen LogP contribution in [0.1, 0.15) is 16.8 Å². The molecule has 124 valence electrons. The largest absolute Gasteiger partial charge is 0.416 e. The summed E-state index contributed by atoms with van der Waals surface area (Å²) in [6.07, 6.45) is -4.56. The molecule has 7 heteroatoms. The van der Waals surface area contributed by atoms with E-state index in [4.69, 9.17) is 4.52 Å². The number of para-hydroxylation sites is 1. The normalized spacial score (nSPS) is 11.7. The molecule has 0 bridgehead atoms. The maximum atomic E-state index is 12.9. The number of benzene rings is 2. The Balaban J connectivity index is 1.78. The van der Waals surface area contributed by atoms with E-state index in [1.54, 1.807) is 24.3 Å². The van der Waals surface area contributed by atoms with Crippen LogP contribution in [0.5, 0.6) is 0 Å². The van der Waals surface area contributed by atoms with Crippen molar-refractivity contribution in [2.45, 2.75) is 19.5 Å². The molecule has 0 fully saturated rings. The van der Waals surface area contributed by atoms with E-state index in [2.05, 4.69) is 10.5 Å². The minimum atomic E-state index is -4.47. The van der Waals surface area contributed by atoms with Gasteiger partial charge in [0.25, 0.3) is 0 Å². The van der Waals surface area contributed by atoms with Gasteiger partial charge in [0.15, 0.2) is 5.58 Å². The van der Waals surface area contributed by atoms with E-state index >= 15 is 0 Å². The fourth-order valence-electron chi connectivity index (χ4n) is 2.43. The van der Waals surface area contributed by atoms with Crippen molar-refractivity contribution in [2.75, 3.05) is 5.32 Å². The van der Waals surface area contributed by atoms with Crippen molar-refractivity contribution in [3.63, 3.8) is 0 Å². The molecule has 4 nitrogen and oxygen atoms in total. The lowest BCUT2D eigenvalue weighted by molar-refractivity contribution is -0.138. The Hall–Kier alpha value is -2.83. The SMILES string of the molecule is Cc1ccc(NC(=O)Cc2noc3ccccc23)cc1C(F)(F)F. The highest BCUT2D eigenvalue weighted by Gasteiger charge is 2.32. The summed E-state index contributed by atoms with van der Waals surface area (Å²) in [7, 11) is 0. The van der Waals surface area contributed by atoms with E-state index in [-0.39, 0.29) is 17.7 Å². The van der Waals surface area contributed by atoms with Gasteiger partial charge >= 0.3 is 6.18 Å². The first-order valence-corrected chi connectivity index (χ1v) is 7.15. The molecule has 0 saturated carbocycles. The molecule has 1 heterocycles. The molecule has 3 rings (SSSR count). The summed E-state index contributed by atoms with van der Waals surface area (Å²) in [5, 5.41) is 7.00. The summed E-state index contributed by atoms with van der Waals surface area (Å²) in [6.45, 7) is 1.37. The van der Waals surface area contributed by atoms with Crippen molar-refractivity contribution in [1.82, 2.24) is 5.16 Å². The summed E-state index contributed by atoms with van der Waals surface area (Å²) in [4.78, 5) is 12.1. The van der Waals surface area contributed by atoms with Gasteiger partial charge in [-0.3, -0.25) is 4.79 Å². The van der Waals surface area contributed by atoms with Gasteiger partial charge in [-0.15, -0.1) is 0 Å². The summed E-state index contributed by atoms with van der Waals surface area (Å²) >= 11 is 0. The molecule has 3 aromatic rings. The van der Waals surface area contributed by atoms with Crippen LogP contribution in [0.3, 0.4) is 0 Å². The molecule has 1 aromatic heterocycles. The van der Waals surface area contributed by atoms with E-state index in [0.29, 0.717) is 16.7 Å². The van der Waals surface area contributed by atoms with Crippen LogP contribution < -0.4 is 5.32 Å². The molecule has 0 radical (unpaired) electrons. The Morgan fingerprint density at radius 2 is 1.96 bits per heavy atom. The van der Waals surface area contributed by atoms with Crippen LogP contribution in [0.15, 0.2) is 47.0 Å². The Morgan fingerprint density at radius 1 is 1.21 bits per heavy atom. The monoisotopic (exact) mass is 334 g/mol. The number of halogens is 3. The van der Waals surface area contributed by atoms with Gasteiger partial charge in [0.2, 0.25) is 5.91 Å². The molecule has 0 atom stereocenters. The van der Waals surface area contributed by atoms with Crippen LogP contribution in [0, 0.1) is 6.92 Å². The van der Waals surface area contributed by atoms with E-state index in [9.17, 15) is 18.0 Å². The maximum Gasteiger partial charge on any atom is 0.416 e. The summed E-state index contributed by atoms with van der Waals surface area (Å²) in [6, 6.07) is 10.7. The second-order valence-electron chi connectivity index (χ2n) is 5.38. The molecule has 2 aromatic carbocycles. The molecule has 0 unspecified atom stereocenters. The number of alkyl halides is 3. The average molecular weight is 334 g/mol. The van der Waals surface area contributed by atoms with E-state index in [1.165, 1.54) is 19.1 Å². The number of fused-ring (bicyclic) bond motifs is 1. The molecule has 0 spiro atoms. The van der Waals surface area contributed by atoms with Crippen LogP contribution in [0.25, 0.3) is 11.0 Å². The second-order valence-corrected chi connectivity index (χ2v) is 5.38. The minimum absolute atomic E-state index is 0.0886. The first kappa shape index (κ1) is 16.0.